The highest BCUT2D eigenvalue weighted by Crippen LogP contribution is 2.33. The minimum absolute atomic E-state index is 0.670. The molecule has 0 heterocycles. The van der Waals surface area contributed by atoms with Crippen molar-refractivity contribution in [3.05, 3.63) is 35.2 Å². The summed E-state index contributed by atoms with van der Waals surface area (Å²) in [6, 6.07) is 8.06. The van der Waals surface area contributed by atoms with E-state index in [0.717, 1.165) is 17.1 Å². The number of benzene rings is 1. The lowest BCUT2D eigenvalue weighted by molar-refractivity contribution is 0.422. The molecule has 133 valence electrons. The molecule has 0 saturated carbocycles. The maximum Gasteiger partial charge on any atom is 0.242 e. The van der Waals surface area contributed by atoms with Gasteiger partial charge in [0.15, 0.2) is 0 Å². The van der Waals surface area contributed by atoms with Gasteiger partial charge in [0.05, 0.1) is 10.9 Å². The van der Waals surface area contributed by atoms with Crippen molar-refractivity contribution in [3.8, 4) is 5.75 Å². The Balaban J connectivity index is 3.43. The summed E-state index contributed by atoms with van der Waals surface area (Å²) in [4.78, 5) is 0. The topological polar surface area (TPSA) is 27.7 Å². The minimum atomic E-state index is -1.82. The van der Waals surface area contributed by atoms with Gasteiger partial charge in [-0.05, 0) is 71.1 Å². The van der Waals surface area contributed by atoms with E-state index < -0.39 is 25.0 Å². The van der Waals surface area contributed by atoms with Crippen LogP contribution in [0.15, 0.2) is 29.6 Å². The van der Waals surface area contributed by atoms with Gasteiger partial charge in [0.1, 0.15) is 21.8 Å². The van der Waals surface area contributed by atoms with E-state index in [1.807, 2.05) is 24.3 Å². The molecule has 0 N–H and O–H groups in total. The summed E-state index contributed by atoms with van der Waals surface area (Å²) < 4.78 is 18.8. The molecular formula is C17H31O3Si4. The minimum Gasteiger partial charge on any atom is -0.549 e. The van der Waals surface area contributed by atoms with Crippen molar-refractivity contribution >= 4 is 41.0 Å². The summed E-state index contributed by atoms with van der Waals surface area (Å²) in [5.41, 5.74) is 0.950. The van der Waals surface area contributed by atoms with Crippen LogP contribution in [0.2, 0.25) is 58.9 Å². The lowest BCUT2D eigenvalue weighted by Gasteiger charge is -2.29. The molecule has 3 nitrogen and oxygen atoms in total. The molecular weight excluding hydrogens is 365 g/mol. The molecule has 0 aliphatic heterocycles. The zero-order valence-corrected chi connectivity index (χ0v) is 20.5. The zero-order chi connectivity index (χ0) is 18.8. The van der Waals surface area contributed by atoms with Crippen LogP contribution in [0.4, 0.5) is 0 Å². The average molecular weight is 396 g/mol. The fraction of sp³-hybridized carbons (Fsp3) is 0.529. The van der Waals surface area contributed by atoms with Crippen molar-refractivity contribution in [1.82, 2.24) is 0 Å². The monoisotopic (exact) mass is 395 g/mol. The van der Waals surface area contributed by atoms with Gasteiger partial charge in [0.25, 0.3) is 0 Å². The third-order valence-electron chi connectivity index (χ3n) is 2.57. The molecule has 0 fully saturated rings. The first kappa shape index (κ1) is 21.3. The van der Waals surface area contributed by atoms with Crippen LogP contribution in [0.1, 0.15) is 5.56 Å². The van der Waals surface area contributed by atoms with Crippen molar-refractivity contribution in [3.63, 3.8) is 0 Å². The number of rotatable bonds is 7. The quantitative estimate of drug-likeness (QED) is 0.457. The van der Waals surface area contributed by atoms with E-state index in [1.165, 1.54) is 0 Å². The van der Waals surface area contributed by atoms with Crippen molar-refractivity contribution in [2.75, 3.05) is 0 Å². The first-order chi connectivity index (χ1) is 10.7. The van der Waals surface area contributed by atoms with Crippen LogP contribution in [0.5, 0.6) is 5.75 Å². The fourth-order valence-corrected chi connectivity index (χ4v) is 5.52. The van der Waals surface area contributed by atoms with E-state index in [9.17, 15) is 0 Å². The standard InChI is InChI=1S/C17H31O3Si4/c1-22(2,3)18-15-13-11-10-12-14(15)16(19-23(4,5)6)17(21)20-24(7,8)9/h10-13H,1-9H3. The molecule has 0 aromatic heterocycles. The summed E-state index contributed by atoms with van der Waals surface area (Å²) in [5.74, 6) is 1.61. The summed E-state index contributed by atoms with van der Waals surface area (Å²) in [7, 11) is -1.62. The zero-order valence-electron chi connectivity index (χ0n) is 16.5. The first-order valence-corrected chi connectivity index (χ1v) is 19.0. The summed E-state index contributed by atoms with van der Waals surface area (Å²) in [6.07, 6.45) is 0. The smallest absolute Gasteiger partial charge is 0.242 e. The summed E-state index contributed by atoms with van der Waals surface area (Å²) in [5, 5.41) is 0.670. The van der Waals surface area contributed by atoms with E-state index in [2.05, 4.69) is 69.2 Å². The number of hydrogen-bond donors (Lipinski definition) is 0. The van der Waals surface area contributed by atoms with Crippen molar-refractivity contribution in [1.29, 1.82) is 0 Å². The van der Waals surface area contributed by atoms with Crippen LogP contribution in [-0.2, 0) is 8.85 Å². The highest BCUT2D eigenvalue weighted by atomic mass is 28.4. The van der Waals surface area contributed by atoms with Crippen molar-refractivity contribution in [2.45, 2.75) is 58.9 Å². The Morgan fingerprint density at radius 1 is 0.750 bits per heavy atom. The van der Waals surface area contributed by atoms with Gasteiger partial charge in [-0.3, -0.25) is 0 Å². The van der Waals surface area contributed by atoms with Gasteiger partial charge < -0.3 is 13.3 Å². The second kappa shape index (κ2) is 7.63. The lowest BCUT2D eigenvalue weighted by Crippen LogP contribution is -2.31. The van der Waals surface area contributed by atoms with Gasteiger partial charge in [-0.2, -0.15) is 0 Å². The Hall–Kier alpha value is -0.772. The van der Waals surface area contributed by atoms with Crippen LogP contribution in [-0.4, -0.2) is 35.2 Å². The molecule has 0 unspecified atom stereocenters. The predicted molar refractivity (Wildman–Crippen MR) is 112 cm³/mol. The van der Waals surface area contributed by atoms with Gasteiger partial charge in [-0.25, -0.2) is 0 Å². The molecule has 1 rings (SSSR count). The van der Waals surface area contributed by atoms with Crippen LogP contribution < -0.4 is 4.43 Å². The second-order valence-corrected chi connectivity index (χ2v) is 22.5. The molecule has 0 aliphatic carbocycles. The van der Waals surface area contributed by atoms with Gasteiger partial charge in [0.2, 0.25) is 25.0 Å². The Bertz CT molecular complexity index is 593. The maximum absolute atomic E-state index is 6.39. The molecule has 1 aromatic rings. The molecule has 0 amide bonds. The van der Waals surface area contributed by atoms with E-state index >= 15 is 0 Å². The molecule has 7 heteroatoms. The van der Waals surface area contributed by atoms with Crippen LogP contribution >= 0.6 is 0 Å². The van der Waals surface area contributed by atoms with Crippen LogP contribution in [0, 0.1) is 0 Å². The van der Waals surface area contributed by atoms with E-state index in [1.54, 1.807) is 0 Å². The van der Waals surface area contributed by atoms with Gasteiger partial charge in [-0.15, -0.1) is 0 Å². The Kier molecular flexibility index (Phi) is 6.76. The average Bonchev–Trinajstić information content (AvgIpc) is 2.31. The third kappa shape index (κ3) is 7.87. The van der Waals surface area contributed by atoms with Gasteiger partial charge in [0, 0.05) is 0 Å². The molecule has 0 atom stereocenters. The number of para-hydroxylation sites is 1. The van der Waals surface area contributed by atoms with E-state index in [0.29, 0.717) is 5.38 Å². The molecule has 3 radical (unpaired) electrons. The largest absolute Gasteiger partial charge is 0.549 e. The molecule has 0 bridgehead atoms. The maximum atomic E-state index is 6.39. The second-order valence-electron chi connectivity index (χ2n) is 8.80. The molecule has 0 aliphatic rings. The van der Waals surface area contributed by atoms with E-state index in [-0.39, 0.29) is 0 Å². The van der Waals surface area contributed by atoms with E-state index in [4.69, 9.17) is 13.3 Å². The Morgan fingerprint density at radius 2 is 1.25 bits per heavy atom. The number of hydrogen-bond acceptors (Lipinski definition) is 3. The van der Waals surface area contributed by atoms with Crippen LogP contribution in [0.3, 0.4) is 0 Å². The molecule has 1 aromatic carbocycles. The highest BCUT2D eigenvalue weighted by Gasteiger charge is 2.27. The van der Waals surface area contributed by atoms with Crippen molar-refractivity contribution in [2.24, 2.45) is 0 Å². The Labute approximate surface area is 154 Å². The molecule has 0 saturated heterocycles. The fourth-order valence-electron chi connectivity index (χ4n) is 1.96. The highest BCUT2D eigenvalue weighted by molar-refractivity contribution is 6.71. The normalized spacial score (nSPS) is 14.1. The summed E-state index contributed by atoms with van der Waals surface area (Å²) in [6.45, 7) is 19.5. The predicted octanol–water partition coefficient (Wildman–Crippen LogP) is 5.40. The van der Waals surface area contributed by atoms with Crippen LogP contribution in [0.25, 0.3) is 5.76 Å². The summed E-state index contributed by atoms with van der Waals surface area (Å²) >= 11 is 0. The first-order valence-electron chi connectivity index (χ1n) is 8.30. The van der Waals surface area contributed by atoms with Gasteiger partial charge in [-0.1, -0.05) is 12.1 Å². The SMILES string of the molecule is C[Si](C)(C)OC([Si])=C(O[Si](C)(C)C)c1ccccc1O[Si](C)(C)C. The lowest BCUT2D eigenvalue weighted by atomic mass is 10.2. The molecule has 0 spiro atoms. The third-order valence-corrected chi connectivity index (χ3v) is 5.57. The van der Waals surface area contributed by atoms with Gasteiger partial charge >= 0.3 is 0 Å². The van der Waals surface area contributed by atoms with Crippen molar-refractivity contribution < 1.29 is 13.3 Å². The Morgan fingerprint density at radius 3 is 1.71 bits per heavy atom. The molecule has 24 heavy (non-hydrogen) atoms.